The van der Waals surface area contributed by atoms with E-state index in [0.717, 1.165) is 9.99 Å². The molecule has 0 saturated carbocycles. The number of aromatic nitrogens is 2. The van der Waals surface area contributed by atoms with E-state index in [4.69, 9.17) is 16.3 Å². The SMILES string of the molecule is COc1ccccc1C1(N2CCN(c3ccncc3)CC2)C(=O)N(S(=O)(=O)c2cccc3cccnc23)c2ccc(Cl)cc21. The van der Waals surface area contributed by atoms with Crippen LogP contribution in [0.3, 0.4) is 0 Å². The number of anilines is 2. The highest BCUT2D eigenvalue weighted by atomic mass is 35.5. The highest BCUT2D eigenvalue weighted by molar-refractivity contribution is 7.93. The standard InChI is InChI=1S/C33H28ClN5O4S/c1-43-29-9-3-2-8-26(29)33(38-20-18-37(19-21-38)25-13-16-35-17-14-25)27-22-24(34)11-12-28(27)39(32(33)40)44(41,42)30-10-4-6-23-7-5-15-36-31(23)30/h2-17,22H,18-21H2,1H3. The van der Waals surface area contributed by atoms with Crippen molar-refractivity contribution in [1.82, 2.24) is 14.9 Å². The van der Waals surface area contributed by atoms with Crippen molar-refractivity contribution in [2.45, 2.75) is 10.4 Å². The fourth-order valence-corrected chi connectivity index (χ4v) is 8.31. The average Bonchev–Trinajstić information content (AvgIpc) is 3.33. The van der Waals surface area contributed by atoms with Gasteiger partial charge in [0.05, 0.1) is 18.3 Å². The van der Waals surface area contributed by atoms with Gasteiger partial charge >= 0.3 is 0 Å². The number of hydrogen-bond acceptors (Lipinski definition) is 8. The molecule has 1 unspecified atom stereocenters. The van der Waals surface area contributed by atoms with Crippen molar-refractivity contribution in [2.75, 3.05) is 42.5 Å². The number of sulfonamides is 1. The molecular weight excluding hydrogens is 598 g/mol. The van der Waals surface area contributed by atoms with Crippen molar-refractivity contribution >= 4 is 49.8 Å². The summed E-state index contributed by atoms with van der Waals surface area (Å²) in [4.78, 5) is 28.0. The third kappa shape index (κ3) is 4.24. The molecule has 1 atom stereocenters. The summed E-state index contributed by atoms with van der Waals surface area (Å²) in [6.07, 6.45) is 5.05. The Morgan fingerprint density at radius 1 is 0.841 bits per heavy atom. The van der Waals surface area contributed by atoms with Crippen molar-refractivity contribution in [2.24, 2.45) is 0 Å². The second-order valence-electron chi connectivity index (χ2n) is 10.7. The van der Waals surface area contributed by atoms with Gasteiger partial charge in [0.2, 0.25) is 0 Å². The Labute approximate surface area is 260 Å². The molecule has 11 heteroatoms. The molecule has 2 aliphatic rings. The number of para-hydroxylation sites is 2. The van der Waals surface area contributed by atoms with E-state index in [2.05, 4.69) is 19.8 Å². The zero-order valence-electron chi connectivity index (χ0n) is 23.8. The zero-order valence-corrected chi connectivity index (χ0v) is 25.4. The number of piperazine rings is 1. The fourth-order valence-electron chi connectivity index (χ4n) is 6.50. The van der Waals surface area contributed by atoms with Crippen LogP contribution >= 0.6 is 11.6 Å². The minimum Gasteiger partial charge on any atom is -0.496 e. The van der Waals surface area contributed by atoms with E-state index in [1.54, 1.807) is 74.2 Å². The number of halogens is 1. The molecule has 1 fully saturated rings. The first kappa shape index (κ1) is 28.3. The number of methoxy groups -OCH3 is 1. The number of rotatable bonds is 6. The smallest absolute Gasteiger partial charge is 0.273 e. The molecule has 2 aliphatic heterocycles. The Morgan fingerprint density at radius 3 is 2.36 bits per heavy atom. The molecule has 0 aliphatic carbocycles. The summed E-state index contributed by atoms with van der Waals surface area (Å²) in [5, 5.41) is 1.04. The van der Waals surface area contributed by atoms with Crippen molar-refractivity contribution in [3.63, 3.8) is 0 Å². The number of carbonyl (C=O) groups is 1. The topological polar surface area (TPSA) is 95.9 Å². The highest BCUT2D eigenvalue weighted by Gasteiger charge is 2.60. The zero-order chi connectivity index (χ0) is 30.5. The Balaban J connectivity index is 1.44. The summed E-state index contributed by atoms with van der Waals surface area (Å²) in [6.45, 7) is 2.12. The minimum atomic E-state index is -4.44. The van der Waals surface area contributed by atoms with E-state index < -0.39 is 21.5 Å². The summed E-state index contributed by atoms with van der Waals surface area (Å²) < 4.78 is 36.1. The normalized spacial score (nSPS) is 18.9. The summed E-state index contributed by atoms with van der Waals surface area (Å²) in [6, 6.07) is 24.6. The van der Waals surface area contributed by atoms with Gasteiger partial charge in [-0.2, -0.15) is 0 Å². The van der Waals surface area contributed by atoms with Crippen LogP contribution in [0.1, 0.15) is 11.1 Å². The molecule has 0 spiro atoms. The number of benzene rings is 3. The van der Waals surface area contributed by atoms with Gasteiger partial charge in [-0.15, -0.1) is 0 Å². The predicted molar refractivity (Wildman–Crippen MR) is 170 cm³/mol. The molecule has 4 heterocycles. The molecule has 44 heavy (non-hydrogen) atoms. The lowest BCUT2D eigenvalue weighted by Gasteiger charge is -2.46. The molecular formula is C33H28ClN5O4S. The van der Waals surface area contributed by atoms with Gasteiger partial charge in [0.15, 0.2) is 5.54 Å². The summed E-state index contributed by atoms with van der Waals surface area (Å²) in [5.41, 5.74) is 1.05. The number of pyridine rings is 2. The predicted octanol–water partition coefficient (Wildman–Crippen LogP) is 5.09. The van der Waals surface area contributed by atoms with Crippen molar-refractivity contribution in [3.05, 3.63) is 120 Å². The lowest BCUT2D eigenvalue weighted by atomic mass is 9.81. The van der Waals surface area contributed by atoms with Crippen LogP contribution in [0.15, 0.2) is 108 Å². The summed E-state index contributed by atoms with van der Waals surface area (Å²) in [7, 11) is -2.89. The number of nitrogens with zero attached hydrogens (tertiary/aromatic N) is 5. The van der Waals surface area contributed by atoms with E-state index in [1.165, 1.54) is 6.07 Å². The van der Waals surface area contributed by atoms with Gasteiger partial charge in [0.1, 0.15) is 10.6 Å². The lowest BCUT2D eigenvalue weighted by Crippen LogP contribution is -2.60. The van der Waals surface area contributed by atoms with Crippen LogP contribution in [-0.2, 0) is 20.4 Å². The number of amides is 1. The maximum atomic E-state index is 15.2. The molecule has 7 rings (SSSR count). The Bertz CT molecular complexity index is 2000. The molecule has 2 aromatic heterocycles. The molecule has 3 aromatic carbocycles. The van der Waals surface area contributed by atoms with E-state index in [9.17, 15) is 8.42 Å². The molecule has 9 nitrogen and oxygen atoms in total. The Kier molecular flexibility index (Phi) is 7.00. The van der Waals surface area contributed by atoms with Gasteiger partial charge in [-0.1, -0.05) is 48.0 Å². The van der Waals surface area contributed by atoms with Crippen molar-refractivity contribution in [1.29, 1.82) is 0 Å². The first-order chi connectivity index (χ1) is 21.4. The minimum absolute atomic E-state index is 0.0526. The van der Waals surface area contributed by atoms with Gasteiger partial charge in [-0.05, 0) is 48.5 Å². The molecule has 0 radical (unpaired) electrons. The van der Waals surface area contributed by atoms with E-state index >= 15 is 4.79 Å². The van der Waals surface area contributed by atoms with Gasteiger partial charge in [0, 0.05) is 72.0 Å². The molecule has 1 saturated heterocycles. The van der Waals surface area contributed by atoms with E-state index in [1.807, 2.05) is 30.3 Å². The monoisotopic (exact) mass is 625 g/mol. The third-order valence-corrected chi connectivity index (χ3v) is 10.4. The van der Waals surface area contributed by atoms with Crippen LogP contribution in [0, 0.1) is 0 Å². The molecule has 1 amide bonds. The van der Waals surface area contributed by atoms with E-state index in [-0.39, 0.29) is 10.6 Å². The number of carbonyl (C=O) groups excluding carboxylic acids is 1. The van der Waals surface area contributed by atoms with Crippen molar-refractivity contribution < 1.29 is 17.9 Å². The maximum absolute atomic E-state index is 15.2. The summed E-state index contributed by atoms with van der Waals surface area (Å²) in [5.74, 6) is -0.154. The van der Waals surface area contributed by atoms with Gasteiger partial charge in [-0.3, -0.25) is 19.7 Å². The molecule has 222 valence electrons. The van der Waals surface area contributed by atoms with Crippen LogP contribution in [0.2, 0.25) is 5.02 Å². The van der Waals surface area contributed by atoms with Gasteiger partial charge in [0.25, 0.3) is 15.9 Å². The lowest BCUT2D eigenvalue weighted by molar-refractivity contribution is -0.127. The molecule has 0 bridgehead atoms. The first-order valence-electron chi connectivity index (χ1n) is 14.1. The second-order valence-corrected chi connectivity index (χ2v) is 12.8. The van der Waals surface area contributed by atoms with Crippen LogP contribution in [-0.4, -0.2) is 62.5 Å². The van der Waals surface area contributed by atoms with Crippen LogP contribution in [0.5, 0.6) is 5.75 Å². The van der Waals surface area contributed by atoms with Gasteiger partial charge < -0.3 is 9.64 Å². The van der Waals surface area contributed by atoms with E-state index in [0.29, 0.717) is 59.0 Å². The van der Waals surface area contributed by atoms with Crippen LogP contribution in [0.4, 0.5) is 11.4 Å². The number of hydrogen-bond donors (Lipinski definition) is 0. The quantitative estimate of drug-likeness (QED) is 0.257. The highest BCUT2D eigenvalue weighted by Crippen LogP contribution is 2.53. The largest absolute Gasteiger partial charge is 0.496 e. The Hall–Kier alpha value is -4.51. The molecule has 5 aromatic rings. The fraction of sp³-hybridized carbons (Fsp3) is 0.182. The molecule has 0 N–H and O–H groups in total. The van der Waals surface area contributed by atoms with Gasteiger partial charge in [-0.25, -0.2) is 12.7 Å². The number of fused-ring (bicyclic) bond motifs is 2. The summed E-state index contributed by atoms with van der Waals surface area (Å²) >= 11 is 6.61. The number of ether oxygens (including phenoxy) is 1. The third-order valence-electron chi connectivity index (χ3n) is 8.45. The first-order valence-corrected chi connectivity index (χ1v) is 16.0. The van der Waals surface area contributed by atoms with Crippen LogP contribution < -0.4 is 13.9 Å². The second kappa shape index (κ2) is 10.9. The average molecular weight is 626 g/mol. The van der Waals surface area contributed by atoms with Crippen molar-refractivity contribution in [3.8, 4) is 5.75 Å². The van der Waals surface area contributed by atoms with Crippen LogP contribution in [0.25, 0.3) is 10.9 Å². The Morgan fingerprint density at radius 2 is 1.59 bits per heavy atom. The maximum Gasteiger partial charge on any atom is 0.273 e.